The quantitative estimate of drug-likeness (QED) is 0.811. The highest BCUT2D eigenvalue weighted by atomic mass is 32.1. The van der Waals surface area contributed by atoms with E-state index in [-0.39, 0.29) is 18.1 Å². The van der Waals surface area contributed by atoms with E-state index in [1.807, 2.05) is 17.2 Å². The highest BCUT2D eigenvalue weighted by Crippen LogP contribution is 2.21. The van der Waals surface area contributed by atoms with Crippen LogP contribution in [0.15, 0.2) is 5.38 Å². The van der Waals surface area contributed by atoms with Gasteiger partial charge in [0.2, 0.25) is 0 Å². The number of rotatable bonds is 2. The van der Waals surface area contributed by atoms with Gasteiger partial charge in [0.1, 0.15) is 5.69 Å². The minimum atomic E-state index is 0.0487. The van der Waals surface area contributed by atoms with Gasteiger partial charge in [-0.05, 0) is 13.5 Å². The number of carbonyl (C=O) groups excluding carboxylic acids is 1. The third-order valence-corrected chi connectivity index (χ3v) is 4.50. The van der Waals surface area contributed by atoms with Crippen molar-refractivity contribution in [2.24, 2.45) is 0 Å². The number of nitrogens with zero attached hydrogens (tertiary/aromatic N) is 3. The Morgan fingerprint density at radius 3 is 2.63 bits per heavy atom. The molecule has 0 spiro atoms. The lowest BCUT2D eigenvalue weighted by molar-refractivity contribution is -0.129. The first kappa shape index (κ1) is 13.0. The standard InChI is InChI=1S/C13H19N3O2S/c1-3-15-4-10-6-16(7-11(5-15)18-10)13(17)12-8-19-9(2)14-12/h8,10-11H,3-7H2,1-2H3. The van der Waals surface area contributed by atoms with E-state index >= 15 is 0 Å². The van der Waals surface area contributed by atoms with Crippen molar-refractivity contribution in [3.63, 3.8) is 0 Å². The topological polar surface area (TPSA) is 45.7 Å². The molecule has 0 radical (unpaired) electrons. The molecule has 1 aromatic heterocycles. The second-order valence-corrected chi connectivity index (χ2v) is 6.26. The van der Waals surface area contributed by atoms with Crippen molar-refractivity contribution in [2.45, 2.75) is 26.1 Å². The maximum atomic E-state index is 12.4. The molecule has 6 heteroatoms. The van der Waals surface area contributed by atoms with Gasteiger partial charge in [0.05, 0.1) is 17.2 Å². The summed E-state index contributed by atoms with van der Waals surface area (Å²) in [5, 5.41) is 2.79. The lowest BCUT2D eigenvalue weighted by Gasteiger charge is -2.45. The fourth-order valence-electron chi connectivity index (χ4n) is 2.82. The van der Waals surface area contributed by atoms with Gasteiger partial charge in [-0.2, -0.15) is 0 Å². The normalized spacial score (nSPS) is 27.6. The highest BCUT2D eigenvalue weighted by Gasteiger charge is 2.36. The molecule has 3 heterocycles. The number of morpholine rings is 2. The average molecular weight is 281 g/mol. The molecule has 0 saturated carbocycles. The zero-order chi connectivity index (χ0) is 13.4. The second-order valence-electron chi connectivity index (χ2n) is 5.19. The number of likely N-dealkylation sites (N-methyl/N-ethyl adjacent to an activating group) is 1. The van der Waals surface area contributed by atoms with Crippen LogP contribution in [-0.2, 0) is 4.74 Å². The molecule has 104 valence electrons. The van der Waals surface area contributed by atoms with Crippen molar-refractivity contribution >= 4 is 17.2 Å². The Kier molecular flexibility index (Phi) is 3.56. The molecule has 2 bridgehead atoms. The maximum absolute atomic E-state index is 12.4. The van der Waals surface area contributed by atoms with Crippen LogP contribution in [-0.4, -0.2) is 65.6 Å². The summed E-state index contributed by atoms with van der Waals surface area (Å²) in [5.74, 6) is 0.0487. The Balaban J connectivity index is 1.69. The van der Waals surface area contributed by atoms with Crippen molar-refractivity contribution in [3.8, 4) is 0 Å². The molecule has 0 N–H and O–H groups in total. The van der Waals surface area contributed by atoms with Gasteiger partial charge < -0.3 is 9.64 Å². The molecular weight excluding hydrogens is 262 g/mol. The van der Waals surface area contributed by atoms with Gasteiger partial charge in [-0.15, -0.1) is 11.3 Å². The third kappa shape index (κ3) is 2.66. The average Bonchev–Trinajstić information content (AvgIpc) is 2.83. The first-order valence-corrected chi connectivity index (χ1v) is 7.63. The van der Waals surface area contributed by atoms with Crippen LogP contribution in [0, 0.1) is 6.92 Å². The zero-order valence-electron chi connectivity index (χ0n) is 11.3. The van der Waals surface area contributed by atoms with Crippen LogP contribution in [0.5, 0.6) is 0 Å². The molecule has 2 unspecified atom stereocenters. The molecule has 2 saturated heterocycles. The van der Waals surface area contributed by atoms with Gasteiger partial charge in [-0.25, -0.2) is 4.98 Å². The summed E-state index contributed by atoms with van der Waals surface area (Å²) >= 11 is 1.52. The molecule has 0 aromatic carbocycles. The number of hydrogen-bond acceptors (Lipinski definition) is 5. The summed E-state index contributed by atoms with van der Waals surface area (Å²) in [4.78, 5) is 21.0. The van der Waals surface area contributed by atoms with Crippen LogP contribution < -0.4 is 0 Å². The monoisotopic (exact) mass is 281 g/mol. The molecule has 2 fully saturated rings. The lowest BCUT2D eigenvalue weighted by Crippen LogP contribution is -2.60. The number of fused-ring (bicyclic) bond motifs is 2. The van der Waals surface area contributed by atoms with Gasteiger partial charge in [-0.3, -0.25) is 9.69 Å². The molecule has 2 atom stereocenters. The number of hydrogen-bond donors (Lipinski definition) is 0. The number of ether oxygens (including phenoxy) is 1. The number of amides is 1. The van der Waals surface area contributed by atoms with E-state index in [1.54, 1.807) is 0 Å². The molecule has 5 nitrogen and oxygen atoms in total. The van der Waals surface area contributed by atoms with Crippen LogP contribution in [0.3, 0.4) is 0 Å². The van der Waals surface area contributed by atoms with Crippen LogP contribution in [0.1, 0.15) is 22.4 Å². The third-order valence-electron chi connectivity index (χ3n) is 3.73. The summed E-state index contributed by atoms with van der Waals surface area (Å²) in [6.07, 6.45) is 0.298. The van der Waals surface area contributed by atoms with Crippen LogP contribution in [0.4, 0.5) is 0 Å². The predicted molar refractivity (Wildman–Crippen MR) is 73.5 cm³/mol. The Bertz CT molecular complexity index is 462. The van der Waals surface area contributed by atoms with Crippen molar-refractivity contribution < 1.29 is 9.53 Å². The number of carbonyl (C=O) groups is 1. The van der Waals surface area contributed by atoms with E-state index in [0.717, 1.165) is 24.6 Å². The smallest absolute Gasteiger partial charge is 0.273 e. The number of aromatic nitrogens is 1. The van der Waals surface area contributed by atoms with Crippen LogP contribution >= 0.6 is 11.3 Å². The summed E-state index contributed by atoms with van der Waals surface area (Å²) in [6, 6.07) is 0. The van der Waals surface area contributed by atoms with Gasteiger partial charge in [-0.1, -0.05) is 6.92 Å². The van der Waals surface area contributed by atoms with Crippen molar-refractivity contribution in [2.75, 3.05) is 32.7 Å². The predicted octanol–water partition coefficient (Wildman–Crippen LogP) is 0.997. The zero-order valence-corrected chi connectivity index (χ0v) is 12.2. The van der Waals surface area contributed by atoms with Crippen molar-refractivity contribution in [1.82, 2.24) is 14.8 Å². The van der Waals surface area contributed by atoms with Gasteiger partial charge in [0.15, 0.2) is 0 Å². The first-order chi connectivity index (χ1) is 9.15. The molecular formula is C13H19N3O2S. The Morgan fingerprint density at radius 1 is 1.42 bits per heavy atom. The SMILES string of the molecule is CCN1CC2CN(C(=O)c3csc(C)n3)CC(C1)O2. The van der Waals surface area contributed by atoms with E-state index in [1.165, 1.54) is 11.3 Å². The highest BCUT2D eigenvalue weighted by molar-refractivity contribution is 7.09. The molecule has 2 aliphatic heterocycles. The van der Waals surface area contributed by atoms with Gasteiger partial charge in [0, 0.05) is 31.6 Å². The van der Waals surface area contributed by atoms with E-state index < -0.39 is 0 Å². The maximum Gasteiger partial charge on any atom is 0.273 e. The molecule has 19 heavy (non-hydrogen) atoms. The first-order valence-electron chi connectivity index (χ1n) is 6.75. The molecule has 2 aliphatic rings. The summed E-state index contributed by atoms with van der Waals surface area (Å²) in [5.41, 5.74) is 0.579. The van der Waals surface area contributed by atoms with Crippen molar-refractivity contribution in [3.05, 3.63) is 16.1 Å². The van der Waals surface area contributed by atoms with E-state index in [9.17, 15) is 4.79 Å². The van der Waals surface area contributed by atoms with E-state index in [4.69, 9.17) is 4.74 Å². The van der Waals surface area contributed by atoms with Crippen LogP contribution in [0.25, 0.3) is 0 Å². The fourth-order valence-corrected chi connectivity index (χ4v) is 3.41. The Morgan fingerprint density at radius 2 is 2.11 bits per heavy atom. The van der Waals surface area contributed by atoms with Gasteiger partial charge in [0.25, 0.3) is 5.91 Å². The Labute approximate surface area is 117 Å². The molecule has 3 rings (SSSR count). The summed E-state index contributed by atoms with van der Waals surface area (Å²) in [7, 11) is 0. The lowest BCUT2D eigenvalue weighted by atomic mass is 10.1. The number of aryl methyl sites for hydroxylation is 1. The fraction of sp³-hybridized carbons (Fsp3) is 0.692. The van der Waals surface area contributed by atoms with E-state index in [2.05, 4.69) is 16.8 Å². The largest absolute Gasteiger partial charge is 0.369 e. The molecule has 0 aliphatic carbocycles. The summed E-state index contributed by atoms with van der Waals surface area (Å²) in [6.45, 7) is 8.36. The van der Waals surface area contributed by atoms with Crippen LogP contribution in [0.2, 0.25) is 0 Å². The summed E-state index contributed by atoms with van der Waals surface area (Å²) < 4.78 is 5.92. The van der Waals surface area contributed by atoms with E-state index in [0.29, 0.717) is 18.8 Å². The number of thiazole rings is 1. The van der Waals surface area contributed by atoms with Gasteiger partial charge >= 0.3 is 0 Å². The molecule has 1 aromatic rings. The molecule has 1 amide bonds. The Hall–Kier alpha value is -0.980. The van der Waals surface area contributed by atoms with Crippen molar-refractivity contribution in [1.29, 1.82) is 0 Å². The second kappa shape index (κ2) is 5.19. The minimum absolute atomic E-state index is 0.0487. The minimum Gasteiger partial charge on any atom is -0.369 e.